The van der Waals surface area contributed by atoms with Crippen LogP contribution in [0.15, 0.2) is 33.8 Å². The molecular weight excluding hydrogens is 406 g/mol. The number of aromatic nitrogens is 2. The molecule has 162 valence electrons. The van der Waals surface area contributed by atoms with Gasteiger partial charge in [0.2, 0.25) is 0 Å². The first kappa shape index (κ1) is 20.8. The number of nitrogen functional groups attached to an aromatic ring is 1. The van der Waals surface area contributed by atoms with Crippen LogP contribution in [0.4, 0.5) is 5.82 Å². The average Bonchev–Trinajstić information content (AvgIpc) is 3.50. The maximum Gasteiger partial charge on any atom is 0.273 e. The summed E-state index contributed by atoms with van der Waals surface area (Å²) in [6, 6.07) is 5.90. The molecule has 1 unspecified atom stereocenters. The smallest absolute Gasteiger partial charge is 0.273 e. The third-order valence-electron chi connectivity index (χ3n) is 5.88. The van der Waals surface area contributed by atoms with E-state index in [2.05, 4.69) is 15.5 Å². The molecule has 1 amide bonds. The third-order valence-corrected chi connectivity index (χ3v) is 7.69. The van der Waals surface area contributed by atoms with Crippen molar-refractivity contribution in [3.05, 3.63) is 35.7 Å². The van der Waals surface area contributed by atoms with Crippen LogP contribution in [0.2, 0.25) is 0 Å². The third kappa shape index (κ3) is 4.49. The largest absolute Gasteiger partial charge is 0.384 e. The standard InChI is InChI=1S/C20H27N5O4S/c1-25(30(27,28)19-8-4-7-18(21)23-19)15-6-3-2-5-14(11-15)22-20(26)16-12-17(29-24-16)13-9-10-13/h4,7-8,12-15H,2-3,5-6,9-11H2,1H3,(H2,21,23)(H,22,26)/t14-,15?/m0/s1. The van der Waals surface area contributed by atoms with Gasteiger partial charge in [-0.2, -0.15) is 4.31 Å². The molecule has 0 bridgehead atoms. The van der Waals surface area contributed by atoms with E-state index in [0.29, 0.717) is 12.3 Å². The Balaban J connectivity index is 1.44. The van der Waals surface area contributed by atoms with Crippen LogP contribution in [0, 0.1) is 0 Å². The fourth-order valence-electron chi connectivity index (χ4n) is 3.93. The highest BCUT2D eigenvalue weighted by Gasteiger charge is 2.33. The second kappa shape index (κ2) is 8.35. The summed E-state index contributed by atoms with van der Waals surface area (Å²) in [5, 5.41) is 6.84. The zero-order valence-corrected chi connectivity index (χ0v) is 17.8. The summed E-state index contributed by atoms with van der Waals surface area (Å²) < 4.78 is 32.7. The quantitative estimate of drug-likeness (QED) is 0.668. The Bertz CT molecular complexity index is 1020. The van der Waals surface area contributed by atoms with Crippen LogP contribution in [0.25, 0.3) is 0 Å². The number of hydrogen-bond acceptors (Lipinski definition) is 7. The van der Waals surface area contributed by atoms with Crippen LogP contribution in [0.3, 0.4) is 0 Å². The Labute approximate surface area is 176 Å². The summed E-state index contributed by atoms with van der Waals surface area (Å²) in [6.07, 6.45) is 5.99. The summed E-state index contributed by atoms with van der Waals surface area (Å²) in [5.74, 6) is 1.04. The van der Waals surface area contributed by atoms with Crippen LogP contribution < -0.4 is 11.1 Å². The molecule has 2 fully saturated rings. The number of anilines is 1. The minimum Gasteiger partial charge on any atom is -0.384 e. The van der Waals surface area contributed by atoms with Gasteiger partial charge in [0.05, 0.1) is 0 Å². The van der Waals surface area contributed by atoms with Gasteiger partial charge in [0.15, 0.2) is 10.7 Å². The van der Waals surface area contributed by atoms with E-state index < -0.39 is 10.0 Å². The molecule has 4 rings (SSSR count). The van der Waals surface area contributed by atoms with Crippen LogP contribution in [-0.4, -0.2) is 47.9 Å². The molecule has 0 aromatic carbocycles. The highest BCUT2D eigenvalue weighted by molar-refractivity contribution is 7.89. The van der Waals surface area contributed by atoms with Crippen molar-refractivity contribution >= 4 is 21.7 Å². The number of nitrogens with one attached hydrogen (secondary N) is 1. The summed E-state index contributed by atoms with van der Waals surface area (Å²) in [5.41, 5.74) is 5.94. The zero-order chi connectivity index (χ0) is 21.3. The molecule has 0 spiro atoms. The monoisotopic (exact) mass is 433 g/mol. The first-order valence-corrected chi connectivity index (χ1v) is 11.8. The van der Waals surface area contributed by atoms with E-state index in [1.807, 2.05) is 0 Å². The van der Waals surface area contributed by atoms with E-state index in [1.165, 1.54) is 10.4 Å². The van der Waals surface area contributed by atoms with Gasteiger partial charge in [0, 0.05) is 31.1 Å². The Morgan fingerprint density at radius 2 is 2.00 bits per heavy atom. The lowest BCUT2D eigenvalue weighted by Crippen LogP contribution is -2.43. The van der Waals surface area contributed by atoms with Gasteiger partial charge in [-0.1, -0.05) is 24.1 Å². The number of nitrogens with two attached hydrogens (primary N) is 1. The highest BCUT2D eigenvalue weighted by Crippen LogP contribution is 2.40. The first-order valence-electron chi connectivity index (χ1n) is 10.3. The van der Waals surface area contributed by atoms with E-state index in [0.717, 1.165) is 44.3 Å². The lowest BCUT2D eigenvalue weighted by molar-refractivity contribution is 0.0920. The van der Waals surface area contributed by atoms with E-state index in [1.54, 1.807) is 25.2 Å². The molecular formula is C20H27N5O4S. The van der Waals surface area contributed by atoms with Crippen molar-refractivity contribution in [3.63, 3.8) is 0 Å². The van der Waals surface area contributed by atoms with Crippen LogP contribution >= 0.6 is 0 Å². The van der Waals surface area contributed by atoms with Crippen molar-refractivity contribution in [1.29, 1.82) is 0 Å². The molecule has 0 saturated heterocycles. The lowest BCUT2D eigenvalue weighted by atomic mass is 10.1. The SMILES string of the molecule is CN(C1CCCC[C@H](NC(=O)c2cc(C3CC3)on2)C1)S(=O)(=O)c1cccc(N)n1. The van der Waals surface area contributed by atoms with Crippen molar-refractivity contribution in [1.82, 2.24) is 19.8 Å². The normalized spacial score (nSPS) is 22.6. The van der Waals surface area contributed by atoms with Gasteiger partial charge in [-0.25, -0.2) is 13.4 Å². The minimum absolute atomic E-state index is 0.0648. The number of nitrogens with zero attached hydrogens (tertiary/aromatic N) is 3. The van der Waals surface area contributed by atoms with Gasteiger partial charge in [-0.15, -0.1) is 0 Å². The molecule has 2 heterocycles. The molecule has 0 radical (unpaired) electrons. The fourth-order valence-corrected chi connectivity index (χ4v) is 5.28. The number of rotatable bonds is 6. The predicted molar refractivity (Wildman–Crippen MR) is 110 cm³/mol. The number of carbonyl (C=O) groups excluding carboxylic acids is 1. The van der Waals surface area contributed by atoms with E-state index >= 15 is 0 Å². The molecule has 3 N–H and O–H groups in total. The van der Waals surface area contributed by atoms with Crippen LogP contribution in [-0.2, 0) is 10.0 Å². The molecule has 2 saturated carbocycles. The maximum atomic E-state index is 13.0. The number of hydrogen-bond donors (Lipinski definition) is 2. The number of carbonyl (C=O) groups is 1. The second-order valence-electron chi connectivity index (χ2n) is 8.16. The fraction of sp³-hybridized carbons (Fsp3) is 0.550. The summed E-state index contributed by atoms with van der Waals surface area (Å²) in [6.45, 7) is 0. The molecule has 2 aromatic rings. The molecule has 30 heavy (non-hydrogen) atoms. The minimum atomic E-state index is -3.78. The van der Waals surface area contributed by atoms with Crippen molar-refractivity contribution in [2.24, 2.45) is 0 Å². The Morgan fingerprint density at radius 3 is 2.73 bits per heavy atom. The van der Waals surface area contributed by atoms with Gasteiger partial charge >= 0.3 is 0 Å². The van der Waals surface area contributed by atoms with Crippen molar-refractivity contribution in [2.75, 3.05) is 12.8 Å². The molecule has 2 aliphatic carbocycles. The van der Waals surface area contributed by atoms with Gasteiger partial charge in [-0.3, -0.25) is 4.79 Å². The van der Waals surface area contributed by atoms with E-state index in [4.69, 9.17) is 10.3 Å². The molecule has 0 aliphatic heterocycles. The first-order chi connectivity index (χ1) is 14.3. The molecule has 2 atom stereocenters. The Morgan fingerprint density at radius 1 is 1.23 bits per heavy atom. The maximum absolute atomic E-state index is 13.0. The number of sulfonamides is 1. The Kier molecular flexibility index (Phi) is 5.79. The van der Waals surface area contributed by atoms with Gasteiger partial charge in [0.1, 0.15) is 11.6 Å². The predicted octanol–water partition coefficient (Wildman–Crippen LogP) is 2.28. The molecule has 2 aromatic heterocycles. The summed E-state index contributed by atoms with van der Waals surface area (Å²) >= 11 is 0. The van der Waals surface area contributed by atoms with Gasteiger partial charge in [0.25, 0.3) is 15.9 Å². The zero-order valence-electron chi connectivity index (χ0n) is 17.0. The van der Waals surface area contributed by atoms with Crippen LogP contribution in [0.1, 0.15) is 67.1 Å². The second-order valence-corrected chi connectivity index (χ2v) is 10.1. The lowest BCUT2D eigenvalue weighted by Gasteiger charge is -2.28. The van der Waals surface area contributed by atoms with Gasteiger partial charge in [-0.05, 0) is 44.2 Å². The summed E-state index contributed by atoms with van der Waals surface area (Å²) in [7, 11) is -2.21. The van der Waals surface area contributed by atoms with Gasteiger partial charge < -0.3 is 15.6 Å². The van der Waals surface area contributed by atoms with E-state index in [9.17, 15) is 13.2 Å². The summed E-state index contributed by atoms with van der Waals surface area (Å²) in [4.78, 5) is 16.6. The van der Waals surface area contributed by atoms with E-state index in [-0.39, 0.29) is 34.5 Å². The molecule has 10 heteroatoms. The van der Waals surface area contributed by atoms with Crippen molar-refractivity contribution in [3.8, 4) is 0 Å². The average molecular weight is 434 g/mol. The Hall–Kier alpha value is -2.46. The highest BCUT2D eigenvalue weighted by atomic mass is 32.2. The number of amides is 1. The number of pyridine rings is 1. The van der Waals surface area contributed by atoms with Crippen LogP contribution in [0.5, 0.6) is 0 Å². The molecule has 2 aliphatic rings. The molecule has 9 nitrogen and oxygen atoms in total. The topological polar surface area (TPSA) is 131 Å². The van der Waals surface area contributed by atoms with Crippen molar-refractivity contribution < 1.29 is 17.7 Å². The van der Waals surface area contributed by atoms with Crippen molar-refractivity contribution in [2.45, 2.75) is 68.0 Å².